The summed E-state index contributed by atoms with van der Waals surface area (Å²) in [5.41, 5.74) is 3.64. The van der Waals surface area contributed by atoms with E-state index in [1.165, 1.54) is 31.4 Å². The van der Waals surface area contributed by atoms with Crippen LogP contribution in [0.15, 0.2) is 29.4 Å². The standard InChI is InChI=1S/C15H20FN3S/c1-11-4-2-3-5-14(11)18-15(20)19-17-10-12-6-8-13(16)9-7-12/h6-11,14H,2-5H2,1H3,(H2,18,19,20)/b17-10-/t11-,14+/m0/s1. The van der Waals surface area contributed by atoms with Gasteiger partial charge >= 0.3 is 0 Å². The highest BCUT2D eigenvalue weighted by atomic mass is 32.1. The fourth-order valence-electron chi connectivity index (χ4n) is 2.45. The summed E-state index contributed by atoms with van der Waals surface area (Å²) in [7, 11) is 0. The van der Waals surface area contributed by atoms with Crippen molar-refractivity contribution in [2.45, 2.75) is 38.6 Å². The van der Waals surface area contributed by atoms with Crippen LogP contribution in [0.1, 0.15) is 38.2 Å². The predicted octanol–water partition coefficient (Wildman–Crippen LogP) is 3.20. The summed E-state index contributed by atoms with van der Waals surface area (Å²) in [4.78, 5) is 0. The Hall–Kier alpha value is -1.49. The van der Waals surface area contributed by atoms with E-state index in [-0.39, 0.29) is 5.82 Å². The van der Waals surface area contributed by atoms with Gasteiger partial charge in [0.1, 0.15) is 5.82 Å². The number of halogens is 1. The lowest BCUT2D eigenvalue weighted by atomic mass is 9.86. The van der Waals surface area contributed by atoms with E-state index in [9.17, 15) is 4.39 Å². The monoisotopic (exact) mass is 293 g/mol. The summed E-state index contributed by atoms with van der Waals surface area (Å²) >= 11 is 5.23. The molecule has 1 aromatic rings. The SMILES string of the molecule is C[C@H]1CCCC[C@H]1NC(=S)N/N=C\c1ccc(F)cc1. The van der Waals surface area contributed by atoms with E-state index in [2.05, 4.69) is 22.8 Å². The molecule has 0 radical (unpaired) electrons. The first-order valence-electron chi connectivity index (χ1n) is 7.00. The van der Waals surface area contributed by atoms with Gasteiger partial charge in [0.05, 0.1) is 6.21 Å². The van der Waals surface area contributed by atoms with Crippen molar-refractivity contribution in [3.63, 3.8) is 0 Å². The first kappa shape index (κ1) is 14.9. The van der Waals surface area contributed by atoms with E-state index in [0.29, 0.717) is 17.1 Å². The minimum atomic E-state index is -0.251. The quantitative estimate of drug-likeness (QED) is 0.510. The number of rotatable bonds is 3. The molecule has 1 aromatic carbocycles. The molecule has 1 aliphatic carbocycles. The Bertz CT molecular complexity index is 473. The zero-order chi connectivity index (χ0) is 14.4. The van der Waals surface area contributed by atoms with E-state index in [4.69, 9.17) is 12.2 Å². The topological polar surface area (TPSA) is 36.4 Å². The molecule has 0 bridgehead atoms. The molecular formula is C15H20FN3S. The summed E-state index contributed by atoms with van der Waals surface area (Å²) in [6, 6.07) is 6.58. The molecule has 108 valence electrons. The Morgan fingerprint density at radius 2 is 2.00 bits per heavy atom. The maximum Gasteiger partial charge on any atom is 0.187 e. The molecule has 0 saturated heterocycles. The molecule has 0 unspecified atom stereocenters. The van der Waals surface area contributed by atoms with E-state index in [0.717, 1.165) is 12.0 Å². The second-order valence-corrected chi connectivity index (χ2v) is 5.67. The zero-order valence-corrected chi connectivity index (χ0v) is 12.4. The van der Waals surface area contributed by atoms with Crippen LogP contribution in [0.2, 0.25) is 0 Å². The zero-order valence-electron chi connectivity index (χ0n) is 11.6. The lowest BCUT2D eigenvalue weighted by molar-refractivity contribution is 0.308. The van der Waals surface area contributed by atoms with E-state index < -0.39 is 0 Å². The summed E-state index contributed by atoms with van der Waals surface area (Å²) in [6.07, 6.45) is 6.59. The third kappa shape index (κ3) is 4.56. The van der Waals surface area contributed by atoms with Crippen molar-refractivity contribution in [3.8, 4) is 0 Å². The van der Waals surface area contributed by atoms with Crippen LogP contribution in [0.5, 0.6) is 0 Å². The normalized spacial score (nSPS) is 22.7. The first-order chi connectivity index (χ1) is 9.65. The molecule has 0 aliphatic heterocycles. The van der Waals surface area contributed by atoms with Crippen molar-refractivity contribution in [1.82, 2.24) is 10.7 Å². The van der Waals surface area contributed by atoms with Crippen LogP contribution in [0.4, 0.5) is 4.39 Å². The van der Waals surface area contributed by atoms with Gasteiger partial charge in [-0.05, 0) is 48.7 Å². The fraction of sp³-hybridized carbons (Fsp3) is 0.467. The highest BCUT2D eigenvalue weighted by Crippen LogP contribution is 2.23. The number of benzene rings is 1. The number of hydrogen-bond donors (Lipinski definition) is 2. The summed E-state index contributed by atoms with van der Waals surface area (Å²) in [6.45, 7) is 2.25. The first-order valence-corrected chi connectivity index (χ1v) is 7.41. The van der Waals surface area contributed by atoms with Gasteiger partial charge in [-0.1, -0.05) is 31.9 Å². The maximum absolute atomic E-state index is 12.7. The molecule has 0 heterocycles. The average Bonchev–Trinajstić information content (AvgIpc) is 2.44. The molecule has 1 aliphatic rings. The van der Waals surface area contributed by atoms with Gasteiger partial charge in [0.25, 0.3) is 0 Å². The van der Waals surface area contributed by atoms with Crippen molar-refractivity contribution in [2.24, 2.45) is 11.0 Å². The molecule has 2 atom stereocenters. The second kappa shape index (κ2) is 7.33. The number of thiocarbonyl (C=S) groups is 1. The van der Waals surface area contributed by atoms with Crippen molar-refractivity contribution in [3.05, 3.63) is 35.6 Å². The third-order valence-electron chi connectivity index (χ3n) is 3.68. The maximum atomic E-state index is 12.7. The van der Waals surface area contributed by atoms with Gasteiger partial charge in [-0.15, -0.1) is 0 Å². The fourth-order valence-corrected chi connectivity index (χ4v) is 2.65. The van der Waals surface area contributed by atoms with Crippen LogP contribution in [-0.4, -0.2) is 17.4 Å². The molecule has 20 heavy (non-hydrogen) atoms. The highest BCUT2D eigenvalue weighted by molar-refractivity contribution is 7.80. The minimum Gasteiger partial charge on any atom is -0.358 e. The van der Waals surface area contributed by atoms with Crippen molar-refractivity contribution >= 4 is 23.5 Å². The third-order valence-corrected chi connectivity index (χ3v) is 3.89. The van der Waals surface area contributed by atoms with Crippen LogP contribution >= 0.6 is 12.2 Å². The Morgan fingerprint density at radius 1 is 1.30 bits per heavy atom. The van der Waals surface area contributed by atoms with Crippen molar-refractivity contribution in [2.75, 3.05) is 0 Å². The Labute approximate surface area is 124 Å². The van der Waals surface area contributed by atoms with E-state index in [1.807, 2.05) is 0 Å². The van der Waals surface area contributed by atoms with Gasteiger partial charge in [0.15, 0.2) is 5.11 Å². The van der Waals surface area contributed by atoms with Crippen LogP contribution in [0, 0.1) is 11.7 Å². The van der Waals surface area contributed by atoms with Crippen molar-refractivity contribution in [1.29, 1.82) is 0 Å². The highest BCUT2D eigenvalue weighted by Gasteiger charge is 2.21. The molecule has 5 heteroatoms. The van der Waals surface area contributed by atoms with Crippen LogP contribution < -0.4 is 10.7 Å². The molecule has 0 spiro atoms. The summed E-state index contributed by atoms with van der Waals surface area (Å²) < 4.78 is 12.7. The molecule has 2 N–H and O–H groups in total. The predicted molar refractivity (Wildman–Crippen MR) is 84.3 cm³/mol. The smallest absolute Gasteiger partial charge is 0.187 e. The van der Waals surface area contributed by atoms with Crippen LogP contribution in [0.3, 0.4) is 0 Å². The number of hydrazone groups is 1. The van der Waals surface area contributed by atoms with Crippen molar-refractivity contribution < 1.29 is 4.39 Å². The van der Waals surface area contributed by atoms with Gasteiger partial charge in [-0.25, -0.2) is 4.39 Å². The number of hydrogen-bond acceptors (Lipinski definition) is 2. The molecule has 2 rings (SSSR count). The Morgan fingerprint density at radius 3 is 2.70 bits per heavy atom. The summed E-state index contributed by atoms with van der Waals surface area (Å²) in [5, 5.41) is 7.91. The van der Waals surface area contributed by atoms with E-state index in [1.54, 1.807) is 18.3 Å². The molecule has 1 fully saturated rings. The largest absolute Gasteiger partial charge is 0.358 e. The van der Waals surface area contributed by atoms with Crippen LogP contribution in [0.25, 0.3) is 0 Å². The van der Waals surface area contributed by atoms with Gasteiger partial charge < -0.3 is 5.32 Å². The van der Waals surface area contributed by atoms with Gasteiger partial charge in [0.2, 0.25) is 0 Å². The Kier molecular flexibility index (Phi) is 5.47. The number of nitrogens with one attached hydrogen (secondary N) is 2. The molecule has 0 amide bonds. The number of nitrogens with zero attached hydrogens (tertiary/aromatic N) is 1. The lowest BCUT2D eigenvalue weighted by Crippen LogP contribution is -2.44. The molecular weight excluding hydrogens is 273 g/mol. The molecule has 0 aromatic heterocycles. The molecule has 1 saturated carbocycles. The lowest BCUT2D eigenvalue weighted by Gasteiger charge is -2.30. The average molecular weight is 293 g/mol. The van der Waals surface area contributed by atoms with Gasteiger partial charge in [-0.2, -0.15) is 5.10 Å². The van der Waals surface area contributed by atoms with Gasteiger partial charge in [0, 0.05) is 6.04 Å². The second-order valence-electron chi connectivity index (χ2n) is 5.26. The molecule has 3 nitrogen and oxygen atoms in total. The van der Waals surface area contributed by atoms with Gasteiger partial charge in [-0.3, -0.25) is 5.43 Å². The van der Waals surface area contributed by atoms with E-state index >= 15 is 0 Å². The minimum absolute atomic E-state index is 0.251. The Balaban J connectivity index is 1.78. The van der Waals surface area contributed by atoms with Crippen LogP contribution in [-0.2, 0) is 0 Å². The summed E-state index contributed by atoms with van der Waals surface area (Å²) in [5.74, 6) is 0.392.